The molecule has 1 aliphatic rings. The number of carbonyl (C=O) groups excluding carboxylic acids is 1. The van der Waals surface area contributed by atoms with Gasteiger partial charge < -0.3 is 10.2 Å². The zero-order valence-electron chi connectivity index (χ0n) is 15.4. The number of thioether (sulfide) groups is 1. The largest absolute Gasteiger partial charge is 0.333 e. The number of halogens is 3. The number of aromatic nitrogens is 1. The van der Waals surface area contributed by atoms with Gasteiger partial charge in [0.25, 0.3) is 0 Å². The van der Waals surface area contributed by atoms with Gasteiger partial charge in [0.15, 0.2) is 11.6 Å². The maximum absolute atomic E-state index is 13.4. The van der Waals surface area contributed by atoms with Crippen molar-refractivity contribution in [2.45, 2.75) is 36.7 Å². The van der Waals surface area contributed by atoms with E-state index < -0.39 is 11.6 Å². The van der Waals surface area contributed by atoms with Crippen LogP contribution in [0.1, 0.15) is 25.0 Å². The van der Waals surface area contributed by atoms with Crippen LogP contribution < -0.4 is 5.32 Å². The van der Waals surface area contributed by atoms with Crippen molar-refractivity contribution in [2.75, 3.05) is 18.8 Å². The second-order valence-corrected chi connectivity index (χ2v) is 7.59. The maximum Gasteiger partial charge on any atom is 0.233 e. The van der Waals surface area contributed by atoms with Crippen LogP contribution in [0.2, 0.25) is 0 Å². The molecule has 2 heterocycles. The predicted octanol–water partition coefficient (Wildman–Crippen LogP) is 4.04. The lowest BCUT2D eigenvalue weighted by Gasteiger charge is -2.31. The molecule has 1 aliphatic heterocycles. The highest BCUT2D eigenvalue weighted by Gasteiger charge is 2.25. The first kappa shape index (κ1) is 22.6. The number of rotatable bonds is 6. The smallest absolute Gasteiger partial charge is 0.233 e. The Bertz CT molecular complexity index is 758. The quantitative estimate of drug-likeness (QED) is 0.706. The van der Waals surface area contributed by atoms with E-state index >= 15 is 0 Å². The van der Waals surface area contributed by atoms with Gasteiger partial charge in [-0.2, -0.15) is 0 Å². The molecule has 1 fully saturated rings. The molecule has 1 saturated heterocycles. The molecule has 8 heteroatoms. The number of hydrogen-bond donors (Lipinski definition) is 1. The highest BCUT2D eigenvalue weighted by Crippen LogP contribution is 2.23. The molecule has 0 spiro atoms. The fourth-order valence-corrected chi connectivity index (χ4v) is 4.00. The zero-order chi connectivity index (χ0) is 19.1. The van der Waals surface area contributed by atoms with Crippen LogP contribution in [0.25, 0.3) is 0 Å². The van der Waals surface area contributed by atoms with Gasteiger partial charge in [0.1, 0.15) is 0 Å². The van der Waals surface area contributed by atoms with Crippen molar-refractivity contribution in [3.8, 4) is 0 Å². The minimum atomic E-state index is -0.896. The first-order chi connectivity index (χ1) is 13.1. The number of carbonyl (C=O) groups is 1. The minimum Gasteiger partial charge on any atom is -0.333 e. The molecule has 0 bridgehead atoms. The molecule has 1 N–H and O–H groups in total. The number of nitrogens with zero attached hydrogens (tertiary/aromatic N) is 2. The van der Waals surface area contributed by atoms with Gasteiger partial charge in [0.05, 0.1) is 18.0 Å². The van der Waals surface area contributed by atoms with Crippen molar-refractivity contribution in [1.82, 2.24) is 15.2 Å². The van der Waals surface area contributed by atoms with E-state index in [1.807, 2.05) is 23.1 Å². The Hall–Kier alpha value is -1.70. The van der Waals surface area contributed by atoms with E-state index in [-0.39, 0.29) is 30.1 Å². The molecule has 28 heavy (non-hydrogen) atoms. The minimum absolute atomic E-state index is 0. The average molecular weight is 428 g/mol. The maximum atomic E-state index is 13.4. The average Bonchev–Trinajstić information content (AvgIpc) is 2.97. The van der Waals surface area contributed by atoms with E-state index in [1.165, 1.54) is 17.8 Å². The number of hydrogen-bond acceptors (Lipinski definition) is 4. The molecular formula is C20H24ClF2N3OS. The molecule has 3 rings (SSSR count). The zero-order valence-corrected chi connectivity index (χ0v) is 17.1. The summed E-state index contributed by atoms with van der Waals surface area (Å²) < 4.78 is 26.5. The molecule has 1 amide bonds. The van der Waals surface area contributed by atoms with E-state index in [0.29, 0.717) is 11.4 Å². The van der Waals surface area contributed by atoms with Crippen molar-refractivity contribution in [3.05, 3.63) is 59.9 Å². The molecule has 0 saturated carbocycles. The van der Waals surface area contributed by atoms with Crippen LogP contribution in [0.5, 0.6) is 0 Å². The molecule has 0 radical (unpaired) electrons. The molecule has 1 aromatic carbocycles. The molecule has 0 aliphatic carbocycles. The van der Waals surface area contributed by atoms with Crippen LogP contribution in [-0.2, 0) is 11.3 Å². The van der Waals surface area contributed by atoms with Crippen molar-refractivity contribution in [2.24, 2.45) is 0 Å². The van der Waals surface area contributed by atoms with Gasteiger partial charge in [0, 0.05) is 17.1 Å². The number of pyridine rings is 1. The lowest BCUT2D eigenvalue weighted by molar-refractivity contribution is -0.131. The Labute approximate surface area is 174 Å². The lowest BCUT2D eigenvalue weighted by Crippen LogP contribution is -2.41. The van der Waals surface area contributed by atoms with Gasteiger partial charge in [-0.15, -0.1) is 24.2 Å². The van der Waals surface area contributed by atoms with Crippen molar-refractivity contribution < 1.29 is 13.6 Å². The topological polar surface area (TPSA) is 45.2 Å². The summed E-state index contributed by atoms with van der Waals surface area (Å²) in [4.78, 5) is 19.8. The summed E-state index contributed by atoms with van der Waals surface area (Å²) in [6.45, 7) is 2.31. The van der Waals surface area contributed by atoms with E-state index in [4.69, 9.17) is 0 Å². The third kappa shape index (κ3) is 6.43. The van der Waals surface area contributed by atoms with Gasteiger partial charge >= 0.3 is 0 Å². The lowest BCUT2D eigenvalue weighted by atomic mass is 10.1. The Morgan fingerprint density at radius 2 is 2.04 bits per heavy atom. The Balaban J connectivity index is 0.00000280. The molecule has 1 unspecified atom stereocenters. The van der Waals surface area contributed by atoms with Crippen LogP contribution in [0.15, 0.2) is 47.5 Å². The standard InChI is InChI=1S/C20H23F2N3OS.ClH/c21-18-7-6-17(12-19(18)22)27-14-20(26)25(13-15-4-1-2-10-24-15)16-5-3-9-23-11-8-16;/h1-2,4,6-7,10,12,16,23H,3,5,8-9,11,13-14H2;1H. The summed E-state index contributed by atoms with van der Waals surface area (Å²) >= 11 is 1.23. The molecule has 1 aromatic heterocycles. The summed E-state index contributed by atoms with van der Waals surface area (Å²) in [7, 11) is 0. The van der Waals surface area contributed by atoms with Gasteiger partial charge in [-0.05, 0) is 62.7 Å². The SMILES string of the molecule is Cl.O=C(CSc1ccc(F)c(F)c1)N(Cc1ccccn1)C1CCCNCC1. The monoisotopic (exact) mass is 427 g/mol. The molecular weight excluding hydrogens is 404 g/mol. The predicted molar refractivity (Wildman–Crippen MR) is 110 cm³/mol. The second kappa shape index (κ2) is 11.3. The number of benzene rings is 1. The first-order valence-electron chi connectivity index (χ1n) is 9.11. The summed E-state index contributed by atoms with van der Waals surface area (Å²) in [6, 6.07) is 9.54. The summed E-state index contributed by atoms with van der Waals surface area (Å²) in [5.74, 6) is -1.61. The number of nitrogens with one attached hydrogen (secondary N) is 1. The van der Waals surface area contributed by atoms with Crippen molar-refractivity contribution in [3.63, 3.8) is 0 Å². The third-order valence-electron chi connectivity index (χ3n) is 4.62. The normalized spacial score (nSPS) is 16.7. The number of amides is 1. The van der Waals surface area contributed by atoms with Crippen LogP contribution in [0, 0.1) is 11.6 Å². The highest BCUT2D eigenvalue weighted by molar-refractivity contribution is 8.00. The van der Waals surface area contributed by atoms with Gasteiger partial charge in [-0.1, -0.05) is 6.07 Å². The third-order valence-corrected chi connectivity index (χ3v) is 5.60. The molecule has 2 aromatic rings. The first-order valence-corrected chi connectivity index (χ1v) is 10.1. The van der Waals surface area contributed by atoms with E-state index in [1.54, 1.807) is 6.20 Å². The van der Waals surface area contributed by atoms with Gasteiger partial charge in [-0.3, -0.25) is 9.78 Å². The van der Waals surface area contributed by atoms with E-state index in [2.05, 4.69) is 10.3 Å². The summed E-state index contributed by atoms with van der Waals surface area (Å²) in [5.41, 5.74) is 0.848. The summed E-state index contributed by atoms with van der Waals surface area (Å²) in [6.07, 6.45) is 4.59. The molecule has 152 valence electrons. The van der Waals surface area contributed by atoms with Crippen LogP contribution in [0.3, 0.4) is 0 Å². The van der Waals surface area contributed by atoms with Crippen LogP contribution >= 0.6 is 24.2 Å². The van der Waals surface area contributed by atoms with E-state index in [9.17, 15) is 13.6 Å². The van der Waals surface area contributed by atoms with Crippen molar-refractivity contribution in [1.29, 1.82) is 0 Å². The van der Waals surface area contributed by atoms with Gasteiger partial charge in [-0.25, -0.2) is 8.78 Å². The van der Waals surface area contributed by atoms with Crippen molar-refractivity contribution >= 4 is 30.1 Å². The fraction of sp³-hybridized carbons (Fsp3) is 0.400. The Morgan fingerprint density at radius 3 is 2.79 bits per heavy atom. The summed E-state index contributed by atoms with van der Waals surface area (Å²) in [5, 5.41) is 3.37. The van der Waals surface area contributed by atoms with Gasteiger partial charge in [0.2, 0.25) is 5.91 Å². The Kier molecular flexibility index (Phi) is 9.15. The second-order valence-electron chi connectivity index (χ2n) is 6.54. The Morgan fingerprint density at radius 1 is 1.18 bits per heavy atom. The van der Waals surface area contributed by atoms with E-state index in [0.717, 1.165) is 50.2 Å². The van der Waals surface area contributed by atoms with Crippen LogP contribution in [-0.4, -0.2) is 40.7 Å². The molecule has 4 nitrogen and oxygen atoms in total. The molecule has 1 atom stereocenters. The fourth-order valence-electron chi connectivity index (χ4n) is 3.19. The van der Waals surface area contributed by atoms with Crippen LogP contribution in [0.4, 0.5) is 8.78 Å². The highest BCUT2D eigenvalue weighted by atomic mass is 35.5.